The summed E-state index contributed by atoms with van der Waals surface area (Å²) in [4.78, 5) is 12.7. The summed E-state index contributed by atoms with van der Waals surface area (Å²) < 4.78 is 7.53. The van der Waals surface area contributed by atoms with Crippen molar-refractivity contribution in [3.05, 3.63) is 107 Å². The first-order valence-electron chi connectivity index (χ1n) is 9.49. The van der Waals surface area contributed by atoms with E-state index in [-0.39, 0.29) is 5.91 Å². The molecule has 3 aromatic carbocycles. The van der Waals surface area contributed by atoms with E-state index >= 15 is 0 Å². The van der Waals surface area contributed by atoms with Gasteiger partial charge in [-0.3, -0.25) is 4.79 Å². The monoisotopic (exact) mass is 417 g/mol. The Morgan fingerprint density at radius 3 is 2.40 bits per heavy atom. The van der Waals surface area contributed by atoms with Gasteiger partial charge < -0.3 is 10.1 Å². The van der Waals surface area contributed by atoms with E-state index in [1.165, 1.54) is 0 Å². The minimum Gasteiger partial charge on any atom is -0.489 e. The second-order valence-corrected chi connectivity index (χ2v) is 7.22. The highest BCUT2D eigenvalue weighted by molar-refractivity contribution is 6.30. The van der Waals surface area contributed by atoms with E-state index in [4.69, 9.17) is 16.3 Å². The number of benzene rings is 3. The van der Waals surface area contributed by atoms with Crippen molar-refractivity contribution in [3.63, 3.8) is 0 Å². The van der Waals surface area contributed by atoms with Gasteiger partial charge in [0.1, 0.15) is 12.4 Å². The van der Waals surface area contributed by atoms with Crippen molar-refractivity contribution in [2.75, 3.05) is 5.32 Å². The normalized spacial score (nSPS) is 10.6. The fraction of sp³-hybridized carbons (Fsp3) is 0.0833. The predicted octanol–water partition coefficient (Wildman–Crippen LogP) is 5.67. The molecule has 1 N–H and O–H groups in total. The van der Waals surface area contributed by atoms with Crippen LogP contribution in [0.15, 0.2) is 85.1 Å². The van der Waals surface area contributed by atoms with Crippen LogP contribution in [-0.2, 0) is 6.61 Å². The van der Waals surface area contributed by atoms with E-state index in [2.05, 4.69) is 10.4 Å². The van der Waals surface area contributed by atoms with Gasteiger partial charge in [0.25, 0.3) is 5.91 Å². The summed E-state index contributed by atoms with van der Waals surface area (Å²) in [7, 11) is 0. The number of nitrogens with one attached hydrogen (secondary N) is 1. The molecule has 0 saturated heterocycles. The second-order valence-electron chi connectivity index (χ2n) is 6.78. The molecule has 4 aromatic rings. The van der Waals surface area contributed by atoms with Crippen LogP contribution in [0.25, 0.3) is 5.69 Å². The number of carbonyl (C=O) groups is 1. The molecule has 0 aliphatic heterocycles. The Bertz CT molecular complexity index is 1140. The summed E-state index contributed by atoms with van der Waals surface area (Å²) in [6.07, 6.45) is 1.58. The first-order chi connectivity index (χ1) is 14.6. The average Bonchev–Trinajstić information content (AvgIpc) is 3.16. The summed E-state index contributed by atoms with van der Waals surface area (Å²) >= 11 is 5.89. The number of hydrogen-bond donors (Lipinski definition) is 1. The SMILES string of the molecule is Cc1c(C(=O)Nc2ccc(OCc3ccc(Cl)cc3)cc2)cnn1-c1ccccc1. The zero-order chi connectivity index (χ0) is 20.9. The van der Waals surface area contributed by atoms with Crippen LogP contribution >= 0.6 is 11.6 Å². The maximum atomic E-state index is 12.7. The van der Waals surface area contributed by atoms with Gasteiger partial charge in [0.2, 0.25) is 0 Å². The smallest absolute Gasteiger partial charge is 0.259 e. The van der Waals surface area contributed by atoms with E-state index < -0.39 is 0 Å². The van der Waals surface area contributed by atoms with Crippen LogP contribution in [0.5, 0.6) is 5.75 Å². The maximum Gasteiger partial charge on any atom is 0.259 e. The van der Waals surface area contributed by atoms with Gasteiger partial charge in [-0.25, -0.2) is 4.68 Å². The Balaban J connectivity index is 1.39. The minimum atomic E-state index is -0.204. The van der Waals surface area contributed by atoms with Gasteiger partial charge in [0.15, 0.2) is 0 Å². The molecule has 0 aliphatic rings. The summed E-state index contributed by atoms with van der Waals surface area (Å²) in [5.41, 5.74) is 3.94. The lowest BCUT2D eigenvalue weighted by Crippen LogP contribution is -2.13. The molecule has 0 fully saturated rings. The first kappa shape index (κ1) is 19.7. The zero-order valence-electron chi connectivity index (χ0n) is 16.4. The third kappa shape index (κ3) is 4.53. The van der Waals surface area contributed by atoms with Gasteiger partial charge in [-0.05, 0) is 61.0 Å². The van der Waals surface area contributed by atoms with Gasteiger partial charge in [0.05, 0.1) is 23.1 Å². The van der Waals surface area contributed by atoms with Crippen molar-refractivity contribution >= 4 is 23.2 Å². The number of nitrogens with zero attached hydrogens (tertiary/aromatic N) is 2. The molecule has 1 amide bonds. The van der Waals surface area contributed by atoms with Crippen molar-refractivity contribution in [1.82, 2.24) is 9.78 Å². The summed E-state index contributed by atoms with van der Waals surface area (Å²) in [5, 5.41) is 7.96. The minimum absolute atomic E-state index is 0.204. The number of anilines is 1. The molecule has 5 nitrogen and oxygen atoms in total. The Morgan fingerprint density at radius 2 is 1.70 bits per heavy atom. The number of rotatable bonds is 6. The molecule has 6 heteroatoms. The van der Waals surface area contributed by atoms with E-state index in [0.717, 1.165) is 22.7 Å². The number of amides is 1. The molecule has 1 aromatic heterocycles. The van der Waals surface area contributed by atoms with Crippen LogP contribution in [-0.4, -0.2) is 15.7 Å². The first-order valence-corrected chi connectivity index (χ1v) is 9.86. The molecule has 0 aliphatic carbocycles. The van der Waals surface area contributed by atoms with Crippen molar-refractivity contribution in [1.29, 1.82) is 0 Å². The lowest BCUT2D eigenvalue weighted by atomic mass is 10.2. The number of hydrogen-bond acceptors (Lipinski definition) is 3. The predicted molar refractivity (Wildman–Crippen MR) is 118 cm³/mol. The molecule has 1 heterocycles. The van der Waals surface area contributed by atoms with Crippen LogP contribution < -0.4 is 10.1 Å². The van der Waals surface area contributed by atoms with Crippen molar-refractivity contribution < 1.29 is 9.53 Å². The highest BCUT2D eigenvalue weighted by Crippen LogP contribution is 2.20. The molecule has 0 bridgehead atoms. The summed E-state index contributed by atoms with van der Waals surface area (Å²) in [5.74, 6) is 0.514. The molecule has 0 unspecified atom stereocenters. The van der Waals surface area contributed by atoms with E-state index in [1.807, 2.05) is 85.8 Å². The molecular formula is C24H20ClN3O2. The van der Waals surface area contributed by atoms with Crippen molar-refractivity contribution in [3.8, 4) is 11.4 Å². The van der Waals surface area contributed by atoms with Crippen LogP contribution in [0.3, 0.4) is 0 Å². The molecule has 0 radical (unpaired) electrons. The van der Waals surface area contributed by atoms with Gasteiger partial charge in [-0.2, -0.15) is 5.10 Å². The molecule has 0 spiro atoms. The average molecular weight is 418 g/mol. The van der Waals surface area contributed by atoms with Gasteiger partial charge >= 0.3 is 0 Å². The van der Waals surface area contributed by atoms with E-state index in [9.17, 15) is 4.79 Å². The van der Waals surface area contributed by atoms with Gasteiger partial charge in [0, 0.05) is 10.7 Å². The van der Waals surface area contributed by atoms with Crippen LogP contribution in [0.4, 0.5) is 5.69 Å². The number of halogens is 1. The second kappa shape index (κ2) is 8.84. The summed E-state index contributed by atoms with van der Waals surface area (Å²) in [6, 6.07) is 24.5. The Morgan fingerprint density at radius 1 is 1.00 bits per heavy atom. The topological polar surface area (TPSA) is 56.1 Å². The fourth-order valence-corrected chi connectivity index (χ4v) is 3.17. The lowest BCUT2D eigenvalue weighted by molar-refractivity contribution is 0.102. The van der Waals surface area contributed by atoms with Crippen LogP contribution in [0.1, 0.15) is 21.6 Å². The molecule has 30 heavy (non-hydrogen) atoms. The third-order valence-corrected chi connectivity index (χ3v) is 4.94. The lowest BCUT2D eigenvalue weighted by Gasteiger charge is -2.09. The van der Waals surface area contributed by atoms with Gasteiger partial charge in [-0.15, -0.1) is 0 Å². The standard InChI is InChI=1S/C24H20ClN3O2/c1-17-23(15-26-28(17)21-5-3-2-4-6-21)24(29)27-20-11-13-22(14-12-20)30-16-18-7-9-19(25)10-8-18/h2-15H,16H2,1H3,(H,27,29). The Labute approximate surface area is 179 Å². The van der Waals surface area contributed by atoms with Crippen LogP contribution in [0.2, 0.25) is 5.02 Å². The molecule has 0 saturated carbocycles. The van der Waals surface area contributed by atoms with Crippen molar-refractivity contribution in [2.24, 2.45) is 0 Å². The van der Waals surface area contributed by atoms with Crippen molar-refractivity contribution in [2.45, 2.75) is 13.5 Å². The Kier molecular flexibility index (Phi) is 5.82. The fourth-order valence-electron chi connectivity index (χ4n) is 3.04. The summed E-state index contributed by atoms with van der Waals surface area (Å²) in [6.45, 7) is 2.32. The molecule has 0 atom stereocenters. The largest absolute Gasteiger partial charge is 0.489 e. The molecule has 150 valence electrons. The zero-order valence-corrected chi connectivity index (χ0v) is 17.1. The third-order valence-electron chi connectivity index (χ3n) is 4.69. The van der Waals surface area contributed by atoms with Crippen LogP contribution in [0, 0.1) is 6.92 Å². The quantitative estimate of drug-likeness (QED) is 0.440. The van der Waals surface area contributed by atoms with E-state index in [0.29, 0.717) is 22.9 Å². The number of aromatic nitrogens is 2. The van der Waals surface area contributed by atoms with Gasteiger partial charge in [-0.1, -0.05) is 41.9 Å². The highest BCUT2D eigenvalue weighted by Gasteiger charge is 2.15. The van der Waals surface area contributed by atoms with E-state index in [1.54, 1.807) is 10.9 Å². The number of carbonyl (C=O) groups excluding carboxylic acids is 1. The number of para-hydroxylation sites is 1. The number of ether oxygens (including phenoxy) is 1. The highest BCUT2D eigenvalue weighted by atomic mass is 35.5. The molecular weight excluding hydrogens is 398 g/mol. The molecule has 4 rings (SSSR count). The maximum absolute atomic E-state index is 12.7. The Hall–Kier alpha value is -3.57.